The molecule has 0 radical (unpaired) electrons. The van der Waals surface area contributed by atoms with Gasteiger partial charge in [-0.1, -0.05) is 0 Å². The van der Waals surface area contributed by atoms with Crippen LogP contribution in [0, 0.1) is 19.7 Å². The van der Waals surface area contributed by atoms with Gasteiger partial charge in [-0.15, -0.1) is 0 Å². The van der Waals surface area contributed by atoms with Crippen LogP contribution in [-0.4, -0.2) is 72.0 Å². The number of hydrogen-bond acceptors (Lipinski definition) is 4. The molecule has 7 nitrogen and oxygen atoms in total. The van der Waals surface area contributed by atoms with Crippen LogP contribution in [0.3, 0.4) is 0 Å². The molecule has 0 saturated carbocycles. The molecule has 31 heavy (non-hydrogen) atoms. The molecule has 3 aliphatic rings. The molecular weight excluding hydrogens is 399 g/mol. The number of anilines is 1. The lowest BCUT2D eigenvalue weighted by Crippen LogP contribution is -2.62. The molecule has 1 aromatic heterocycles. The minimum Gasteiger partial charge on any atom is -0.379 e. The summed E-state index contributed by atoms with van der Waals surface area (Å²) in [6.45, 7) is 8.50. The molecule has 162 valence electrons. The summed E-state index contributed by atoms with van der Waals surface area (Å²) in [5.41, 5.74) is 4.39. The van der Waals surface area contributed by atoms with Crippen molar-refractivity contribution in [1.82, 2.24) is 14.8 Å². The van der Waals surface area contributed by atoms with E-state index in [2.05, 4.69) is 15.2 Å². The Bertz CT molecular complexity index is 1090. The van der Waals surface area contributed by atoms with Gasteiger partial charge in [-0.05, 0) is 43.7 Å². The Morgan fingerprint density at radius 3 is 2.71 bits per heavy atom. The number of hydrogen-bond donors (Lipinski definition) is 2. The number of nitrogens with zero attached hydrogens (tertiary/aromatic N) is 2. The summed E-state index contributed by atoms with van der Waals surface area (Å²) in [6, 6.07) is 4.62. The summed E-state index contributed by atoms with van der Waals surface area (Å²) < 4.78 is 19.1. The lowest BCUT2D eigenvalue weighted by atomic mass is 10.0. The lowest BCUT2D eigenvalue weighted by Gasteiger charge is -2.46. The first kappa shape index (κ1) is 20.0. The maximum absolute atomic E-state index is 13.7. The third-order valence-corrected chi connectivity index (χ3v) is 6.45. The predicted molar refractivity (Wildman–Crippen MR) is 115 cm³/mol. The molecule has 2 N–H and O–H groups in total. The SMILES string of the molecule is Cc1[nH]c(/C=C2\C(=O)Nc3ccc(F)cc32)c(C)c1C(=O)N1CC(N2CCOCC2)C1. The van der Waals surface area contributed by atoms with Crippen LogP contribution >= 0.6 is 0 Å². The van der Waals surface area contributed by atoms with Crippen molar-refractivity contribution in [2.45, 2.75) is 19.9 Å². The van der Waals surface area contributed by atoms with Crippen molar-refractivity contribution in [3.05, 3.63) is 52.1 Å². The van der Waals surface area contributed by atoms with Gasteiger partial charge in [-0.25, -0.2) is 4.39 Å². The molecule has 0 aliphatic carbocycles. The molecule has 2 aromatic rings. The summed E-state index contributed by atoms with van der Waals surface area (Å²) >= 11 is 0. The average molecular weight is 424 g/mol. The molecule has 2 fully saturated rings. The number of carbonyl (C=O) groups is 2. The number of ether oxygens (including phenoxy) is 1. The molecule has 2 amide bonds. The lowest BCUT2D eigenvalue weighted by molar-refractivity contribution is -0.110. The number of morpholine rings is 1. The van der Waals surface area contributed by atoms with Gasteiger partial charge in [0, 0.05) is 54.9 Å². The topological polar surface area (TPSA) is 77.7 Å². The monoisotopic (exact) mass is 424 g/mol. The Labute approximate surface area is 179 Å². The molecule has 3 aliphatic heterocycles. The predicted octanol–water partition coefficient (Wildman–Crippen LogP) is 2.42. The van der Waals surface area contributed by atoms with E-state index >= 15 is 0 Å². The van der Waals surface area contributed by atoms with E-state index in [0.717, 1.165) is 37.6 Å². The fourth-order valence-electron chi connectivity index (χ4n) is 4.64. The van der Waals surface area contributed by atoms with Gasteiger partial charge in [0.1, 0.15) is 5.82 Å². The highest BCUT2D eigenvalue weighted by Gasteiger charge is 2.37. The Hall–Kier alpha value is -2.97. The smallest absolute Gasteiger partial charge is 0.256 e. The highest BCUT2D eigenvalue weighted by molar-refractivity contribution is 6.34. The van der Waals surface area contributed by atoms with E-state index in [9.17, 15) is 14.0 Å². The number of fused-ring (bicyclic) bond motifs is 1. The maximum Gasteiger partial charge on any atom is 0.256 e. The van der Waals surface area contributed by atoms with Crippen LogP contribution in [0.4, 0.5) is 10.1 Å². The zero-order valence-electron chi connectivity index (χ0n) is 17.6. The normalized spacial score (nSPS) is 20.7. The van der Waals surface area contributed by atoms with Gasteiger partial charge < -0.3 is 19.9 Å². The van der Waals surface area contributed by atoms with Gasteiger partial charge in [0.15, 0.2) is 0 Å². The molecule has 0 unspecified atom stereocenters. The summed E-state index contributed by atoms with van der Waals surface area (Å²) in [4.78, 5) is 33.1. The van der Waals surface area contributed by atoms with Crippen LogP contribution in [0.25, 0.3) is 11.6 Å². The highest BCUT2D eigenvalue weighted by atomic mass is 19.1. The van der Waals surface area contributed by atoms with Crippen LogP contribution in [0.2, 0.25) is 0 Å². The summed E-state index contributed by atoms with van der Waals surface area (Å²) in [5.74, 6) is -0.678. The second kappa shape index (κ2) is 7.62. The summed E-state index contributed by atoms with van der Waals surface area (Å²) in [6.07, 6.45) is 1.70. The number of benzene rings is 1. The van der Waals surface area contributed by atoms with Crippen LogP contribution in [0.5, 0.6) is 0 Å². The number of aromatic nitrogens is 1. The molecular formula is C23H25FN4O3. The Morgan fingerprint density at radius 2 is 1.97 bits per heavy atom. The van der Waals surface area contributed by atoms with E-state index in [1.165, 1.54) is 12.1 Å². The van der Waals surface area contributed by atoms with E-state index in [1.807, 2.05) is 18.7 Å². The quantitative estimate of drug-likeness (QED) is 0.742. The first-order chi connectivity index (χ1) is 14.9. The largest absolute Gasteiger partial charge is 0.379 e. The Balaban J connectivity index is 1.37. The van der Waals surface area contributed by atoms with Gasteiger partial charge >= 0.3 is 0 Å². The van der Waals surface area contributed by atoms with Crippen LogP contribution < -0.4 is 5.32 Å². The molecule has 4 heterocycles. The van der Waals surface area contributed by atoms with E-state index in [4.69, 9.17) is 4.74 Å². The fraction of sp³-hybridized carbons (Fsp3) is 0.391. The highest BCUT2D eigenvalue weighted by Crippen LogP contribution is 2.34. The molecule has 0 atom stereocenters. The number of likely N-dealkylation sites (tertiary alicyclic amines) is 1. The van der Waals surface area contributed by atoms with E-state index in [-0.39, 0.29) is 11.8 Å². The Morgan fingerprint density at radius 1 is 1.23 bits per heavy atom. The third kappa shape index (κ3) is 3.45. The van der Waals surface area contributed by atoms with Gasteiger partial charge in [0.05, 0.1) is 24.4 Å². The number of amides is 2. The number of carbonyl (C=O) groups excluding carboxylic acids is 2. The summed E-state index contributed by atoms with van der Waals surface area (Å²) in [5, 5.41) is 2.75. The van der Waals surface area contributed by atoms with Crippen LogP contribution in [-0.2, 0) is 9.53 Å². The van der Waals surface area contributed by atoms with Crippen molar-refractivity contribution < 1.29 is 18.7 Å². The van der Waals surface area contributed by atoms with Gasteiger partial charge in [0.25, 0.3) is 11.8 Å². The third-order valence-electron chi connectivity index (χ3n) is 6.45. The maximum atomic E-state index is 13.7. The molecule has 8 heteroatoms. The zero-order chi connectivity index (χ0) is 21.7. The van der Waals surface area contributed by atoms with Crippen LogP contribution in [0.1, 0.15) is 32.9 Å². The van der Waals surface area contributed by atoms with E-state index in [1.54, 1.807) is 12.1 Å². The fourth-order valence-corrected chi connectivity index (χ4v) is 4.64. The van der Waals surface area contributed by atoms with Gasteiger partial charge in [-0.3, -0.25) is 14.5 Å². The minimum atomic E-state index is -0.399. The van der Waals surface area contributed by atoms with Crippen molar-refractivity contribution >= 4 is 29.2 Å². The number of aryl methyl sites for hydroxylation is 1. The molecule has 0 spiro atoms. The average Bonchev–Trinajstić information content (AvgIpc) is 3.17. The minimum absolute atomic E-state index is 0.00253. The number of H-pyrrole nitrogens is 1. The van der Waals surface area contributed by atoms with Crippen molar-refractivity contribution in [3.8, 4) is 0 Å². The first-order valence-corrected chi connectivity index (χ1v) is 10.6. The van der Waals surface area contributed by atoms with Crippen LogP contribution in [0.15, 0.2) is 18.2 Å². The zero-order valence-corrected chi connectivity index (χ0v) is 17.6. The number of halogens is 1. The Kier molecular flexibility index (Phi) is 4.91. The van der Waals surface area contributed by atoms with Crippen molar-refractivity contribution in [1.29, 1.82) is 0 Å². The van der Waals surface area contributed by atoms with Gasteiger partial charge in [0.2, 0.25) is 0 Å². The second-order valence-corrected chi connectivity index (χ2v) is 8.38. The molecule has 2 saturated heterocycles. The van der Waals surface area contributed by atoms with Gasteiger partial charge in [-0.2, -0.15) is 0 Å². The summed E-state index contributed by atoms with van der Waals surface area (Å²) in [7, 11) is 0. The second-order valence-electron chi connectivity index (χ2n) is 8.38. The van der Waals surface area contributed by atoms with E-state index < -0.39 is 5.82 Å². The standard InChI is InChI=1S/C23H25FN4O3/c1-13-20(10-18-17-9-15(24)3-4-19(17)26-22(18)29)25-14(2)21(13)23(30)28-11-16(12-28)27-5-7-31-8-6-27/h3-4,9-10,16,25H,5-8,11-12H2,1-2H3,(H,26,29)/b18-10-. The van der Waals surface area contributed by atoms with E-state index in [0.29, 0.717) is 47.2 Å². The van der Waals surface area contributed by atoms with Crippen molar-refractivity contribution in [2.75, 3.05) is 44.7 Å². The number of nitrogens with one attached hydrogen (secondary N) is 2. The first-order valence-electron chi connectivity index (χ1n) is 10.6. The van der Waals surface area contributed by atoms with Crippen molar-refractivity contribution in [2.24, 2.45) is 0 Å². The number of rotatable bonds is 3. The molecule has 0 bridgehead atoms. The molecule has 5 rings (SSSR count). The number of aromatic amines is 1. The van der Waals surface area contributed by atoms with Crippen molar-refractivity contribution in [3.63, 3.8) is 0 Å². The molecule has 1 aromatic carbocycles.